The highest BCUT2D eigenvalue weighted by Gasteiger charge is 2.19. The fourth-order valence-electron chi connectivity index (χ4n) is 2.72. The minimum absolute atomic E-state index is 0. The Bertz CT molecular complexity index is 507. The molecule has 142 valence electrons. The normalized spacial score (nSPS) is 16.8. The van der Waals surface area contributed by atoms with Crippen molar-refractivity contribution in [2.75, 3.05) is 57.8 Å². The number of rotatable bonds is 8. The maximum Gasteiger partial charge on any atom is 0.221 e. The summed E-state index contributed by atoms with van der Waals surface area (Å²) >= 11 is 0. The van der Waals surface area contributed by atoms with Crippen molar-refractivity contribution in [3.8, 4) is 5.75 Å². The number of nitrogens with one attached hydrogen (secondary N) is 1. The summed E-state index contributed by atoms with van der Waals surface area (Å²) in [7, 11) is 0. The molecular formula is C17H28ClN3O4. The lowest BCUT2D eigenvalue weighted by molar-refractivity contribution is -0.114. The van der Waals surface area contributed by atoms with Crippen LogP contribution < -0.4 is 10.1 Å². The number of anilines is 1. The van der Waals surface area contributed by atoms with Crippen LogP contribution in [0.15, 0.2) is 24.3 Å². The zero-order valence-corrected chi connectivity index (χ0v) is 15.4. The lowest BCUT2D eigenvalue weighted by atomic mass is 10.2. The first kappa shape index (κ1) is 21.7. The minimum Gasteiger partial charge on any atom is -0.491 e. The summed E-state index contributed by atoms with van der Waals surface area (Å²) in [6.07, 6.45) is -0.551. The van der Waals surface area contributed by atoms with E-state index in [4.69, 9.17) is 9.84 Å². The Balaban J connectivity index is 0.00000312. The second-order valence-corrected chi connectivity index (χ2v) is 6.04. The van der Waals surface area contributed by atoms with Gasteiger partial charge in [0.05, 0.1) is 6.61 Å². The van der Waals surface area contributed by atoms with Crippen LogP contribution in [-0.2, 0) is 4.79 Å². The first-order valence-electron chi connectivity index (χ1n) is 8.31. The van der Waals surface area contributed by atoms with Gasteiger partial charge in [0.1, 0.15) is 18.5 Å². The molecule has 0 bridgehead atoms. The molecule has 1 amide bonds. The minimum atomic E-state index is -0.551. The Labute approximate surface area is 155 Å². The highest BCUT2D eigenvalue weighted by Crippen LogP contribution is 2.16. The molecule has 0 aliphatic carbocycles. The Morgan fingerprint density at radius 3 is 2.36 bits per heavy atom. The van der Waals surface area contributed by atoms with Gasteiger partial charge >= 0.3 is 0 Å². The Morgan fingerprint density at radius 2 is 1.80 bits per heavy atom. The van der Waals surface area contributed by atoms with E-state index in [-0.39, 0.29) is 31.5 Å². The monoisotopic (exact) mass is 373 g/mol. The first-order valence-corrected chi connectivity index (χ1v) is 8.31. The highest BCUT2D eigenvalue weighted by atomic mass is 35.5. The molecule has 2 rings (SSSR count). The molecule has 7 nitrogen and oxygen atoms in total. The number of hydrogen-bond acceptors (Lipinski definition) is 6. The molecule has 1 fully saturated rings. The smallest absolute Gasteiger partial charge is 0.221 e. The van der Waals surface area contributed by atoms with Gasteiger partial charge in [-0.3, -0.25) is 14.6 Å². The molecule has 0 aromatic heterocycles. The largest absolute Gasteiger partial charge is 0.491 e. The SMILES string of the molecule is CC(=O)Nc1ccc(OCC(O)CN2CCN(CCO)CC2)cc1.Cl. The van der Waals surface area contributed by atoms with Crippen molar-refractivity contribution >= 4 is 24.0 Å². The number of piperazine rings is 1. The quantitative estimate of drug-likeness (QED) is 0.612. The van der Waals surface area contributed by atoms with Crippen molar-refractivity contribution in [3.63, 3.8) is 0 Å². The van der Waals surface area contributed by atoms with Gasteiger partial charge in [0, 0.05) is 51.9 Å². The van der Waals surface area contributed by atoms with Crippen molar-refractivity contribution < 1.29 is 19.7 Å². The third-order valence-corrected chi connectivity index (χ3v) is 3.97. The fraction of sp³-hybridized carbons (Fsp3) is 0.588. The fourth-order valence-corrected chi connectivity index (χ4v) is 2.72. The van der Waals surface area contributed by atoms with Crippen LogP contribution in [0.5, 0.6) is 5.75 Å². The number of ether oxygens (including phenoxy) is 1. The van der Waals surface area contributed by atoms with E-state index in [9.17, 15) is 9.90 Å². The number of aliphatic hydroxyl groups is 2. The molecule has 1 heterocycles. The average Bonchev–Trinajstić information content (AvgIpc) is 2.56. The summed E-state index contributed by atoms with van der Waals surface area (Å²) < 4.78 is 5.60. The second-order valence-electron chi connectivity index (χ2n) is 6.04. The molecule has 8 heteroatoms. The molecule has 3 N–H and O–H groups in total. The van der Waals surface area contributed by atoms with Gasteiger partial charge in [0.15, 0.2) is 0 Å². The lowest BCUT2D eigenvalue weighted by Crippen LogP contribution is -2.49. The summed E-state index contributed by atoms with van der Waals surface area (Å²) in [5.74, 6) is 0.550. The molecule has 1 unspecified atom stereocenters. The van der Waals surface area contributed by atoms with Crippen molar-refractivity contribution in [1.29, 1.82) is 0 Å². The van der Waals surface area contributed by atoms with Crippen molar-refractivity contribution in [1.82, 2.24) is 9.80 Å². The maximum absolute atomic E-state index is 11.0. The molecule has 0 saturated carbocycles. The topological polar surface area (TPSA) is 85.3 Å². The number of carbonyl (C=O) groups excluding carboxylic acids is 1. The van der Waals surface area contributed by atoms with Gasteiger partial charge in [0.25, 0.3) is 0 Å². The van der Waals surface area contributed by atoms with Crippen LogP contribution in [0.4, 0.5) is 5.69 Å². The van der Waals surface area contributed by atoms with E-state index in [1.165, 1.54) is 6.92 Å². The molecule has 1 aromatic rings. The van der Waals surface area contributed by atoms with E-state index < -0.39 is 6.10 Å². The van der Waals surface area contributed by atoms with Crippen LogP contribution in [0.3, 0.4) is 0 Å². The maximum atomic E-state index is 11.0. The van der Waals surface area contributed by atoms with Gasteiger partial charge in [-0.05, 0) is 24.3 Å². The number of amides is 1. The van der Waals surface area contributed by atoms with E-state index in [0.29, 0.717) is 18.8 Å². The van der Waals surface area contributed by atoms with Gasteiger partial charge in [-0.1, -0.05) is 0 Å². The number of halogens is 1. The molecular weight excluding hydrogens is 346 g/mol. The molecule has 0 radical (unpaired) electrons. The molecule has 0 spiro atoms. The Morgan fingerprint density at radius 1 is 1.20 bits per heavy atom. The van der Waals surface area contributed by atoms with Crippen LogP contribution in [0.1, 0.15) is 6.92 Å². The zero-order valence-electron chi connectivity index (χ0n) is 14.6. The molecule has 1 saturated heterocycles. The Hall–Kier alpha value is -1.38. The third-order valence-electron chi connectivity index (χ3n) is 3.97. The summed E-state index contributed by atoms with van der Waals surface area (Å²) in [5, 5.41) is 21.8. The number of carbonyl (C=O) groups is 1. The van der Waals surface area contributed by atoms with Crippen LogP contribution in [0.25, 0.3) is 0 Å². The predicted molar refractivity (Wildman–Crippen MR) is 99.5 cm³/mol. The lowest BCUT2D eigenvalue weighted by Gasteiger charge is -2.35. The van der Waals surface area contributed by atoms with E-state index in [1.54, 1.807) is 24.3 Å². The van der Waals surface area contributed by atoms with Crippen LogP contribution in [-0.4, -0.2) is 84.5 Å². The van der Waals surface area contributed by atoms with E-state index in [0.717, 1.165) is 31.9 Å². The number of benzene rings is 1. The summed E-state index contributed by atoms with van der Waals surface area (Å²) in [6, 6.07) is 7.07. The predicted octanol–water partition coefficient (Wildman–Crippen LogP) is 0.416. The average molecular weight is 374 g/mol. The number of hydrogen-bond donors (Lipinski definition) is 3. The zero-order chi connectivity index (χ0) is 17.4. The van der Waals surface area contributed by atoms with E-state index in [2.05, 4.69) is 15.1 Å². The summed E-state index contributed by atoms with van der Waals surface area (Å²) in [5.41, 5.74) is 0.719. The molecule has 25 heavy (non-hydrogen) atoms. The van der Waals surface area contributed by atoms with Crippen LogP contribution in [0.2, 0.25) is 0 Å². The molecule has 1 atom stereocenters. The highest BCUT2D eigenvalue weighted by molar-refractivity contribution is 5.88. The number of nitrogens with zero attached hydrogens (tertiary/aromatic N) is 2. The summed E-state index contributed by atoms with van der Waals surface area (Å²) in [6.45, 7) is 6.80. The number of β-amino-alcohol motifs (C(OH)–C–C–N with tert-alkyl or cyclic N) is 2. The molecule has 1 aliphatic heterocycles. The van der Waals surface area contributed by atoms with Gasteiger partial charge < -0.3 is 20.3 Å². The summed E-state index contributed by atoms with van der Waals surface area (Å²) in [4.78, 5) is 15.4. The van der Waals surface area contributed by atoms with Crippen LogP contribution >= 0.6 is 12.4 Å². The van der Waals surface area contributed by atoms with Gasteiger partial charge in [-0.2, -0.15) is 0 Å². The van der Waals surface area contributed by atoms with Gasteiger partial charge in [0.2, 0.25) is 5.91 Å². The van der Waals surface area contributed by atoms with Gasteiger partial charge in [-0.15, -0.1) is 12.4 Å². The third kappa shape index (κ3) is 8.02. The van der Waals surface area contributed by atoms with Crippen LogP contribution in [0, 0.1) is 0 Å². The first-order chi connectivity index (χ1) is 11.6. The Kier molecular flexibility index (Phi) is 9.77. The molecule has 1 aliphatic rings. The van der Waals surface area contributed by atoms with E-state index >= 15 is 0 Å². The molecule has 1 aromatic carbocycles. The number of aliphatic hydroxyl groups excluding tert-OH is 2. The van der Waals surface area contributed by atoms with Gasteiger partial charge in [-0.25, -0.2) is 0 Å². The standard InChI is InChI=1S/C17H27N3O4.ClH/c1-14(22)18-15-2-4-17(5-3-15)24-13-16(23)12-20-8-6-19(7-9-20)10-11-21;/h2-5,16,21,23H,6-13H2,1H3,(H,18,22);1H. The van der Waals surface area contributed by atoms with E-state index in [1.807, 2.05) is 0 Å². The second kappa shape index (κ2) is 11.3. The van der Waals surface area contributed by atoms with Crippen molar-refractivity contribution in [2.45, 2.75) is 13.0 Å². The van der Waals surface area contributed by atoms with Crippen molar-refractivity contribution in [2.24, 2.45) is 0 Å². The van der Waals surface area contributed by atoms with Crippen molar-refractivity contribution in [3.05, 3.63) is 24.3 Å².